The number of aliphatic hydroxyl groups excluding tert-OH is 5. The molecular formula is C75H137NO10. The normalized spacial score (nSPS) is 18.2. The van der Waals surface area contributed by atoms with Crippen molar-refractivity contribution in [1.29, 1.82) is 0 Å². The van der Waals surface area contributed by atoms with Crippen LogP contribution in [0.3, 0.4) is 0 Å². The molecule has 0 aliphatic carbocycles. The number of aliphatic hydroxyl groups is 5. The van der Waals surface area contributed by atoms with Gasteiger partial charge in [-0.3, -0.25) is 9.59 Å². The molecule has 0 bridgehead atoms. The minimum atomic E-state index is -1.58. The highest BCUT2D eigenvalue weighted by molar-refractivity contribution is 5.76. The molecule has 0 aromatic rings. The largest absolute Gasteiger partial charge is 0.466 e. The lowest BCUT2D eigenvalue weighted by Gasteiger charge is -2.40. The standard InChI is InChI=1S/C75H137NO10/c1-3-5-7-9-11-13-15-16-38-42-45-49-53-57-61-68(78)67(66-85-75-74(83)73(82)72(81)69(65-77)86-75)76-70(79)62-58-54-50-46-43-39-36-34-32-30-28-26-24-22-20-18-17-19-21-23-25-27-29-31-33-35-37-40-44-48-52-56-60-64-84-71(80)63-59-55-51-47-41-14-12-10-8-6-4-2/h13,15,21,23,27,29,42,45,57,61,67-69,72-75,77-78,81-83H,3-12,14,16-20,22,24-26,28,30-41,43-44,46-56,58-60,62-66H2,1-2H3,(H,76,79)/b15-13+,23-21-,29-27-,45-42+,61-57+. The Morgan fingerprint density at radius 1 is 0.430 bits per heavy atom. The van der Waals surface area contributed by atoms with E-state index in [9.17, 15) is 35.1 Å². The van der Waals surface area contributed by atoms with E-state index in [4.69, 9.17) is 14.2 Å². The van der Waals surface area contributed by atoms with Crippen molar-refractivity contribution in [1.82, 2.24) is 5.32 Å². The lowest BCUT2D eigenvalue weighted by molar-refractivity contribution is -0.302. The van der Waals surface area contributed by atoms with E-state index in [1.54, 1.807) is 6.08 Å². The van der Waals surface area contributed by atoms with E-state index in [0.717, 1.165) is 77.0 Å². The van der Waals surface area contributed by atoms with Crippen LogP contribution in [-0.4, -0.2) is 100 Å². The van der Waals surface area contributed by atoms with Crippen molar-refractivity contribution in [2.24, 2.45) is 0 Å². The highest BCUT2D eigenvalue weighted by Crippen LogP contribution is 2.23. The minimum absolute atomic E-state index is 0.00615. The summed E-state index contributed by atoms with van der Waals surface area (Å²) in [6.07, 6.45) is 75.1. The summed E-state index contributed by atoms with van der Waals surface area (Å²) in [7, 11) is 0. The zero-order valence-electron chi connectivity index (χ0n) is 55.8. The number of ether oxygens (including phenoxy) is 3. The molecule has 0 radical (unpaired) electrons. The first-order chi connectivity index (χ1) is 42.2. The summed E-state index contributed by atoms with van der Waals surface area (Å²) in [5, 5.41) is 54.5. The van der Waals surface area contributed by atoms with Gasteiger partial charge in [0, 0.05) is 12.8 Å². The molecule has 0 saturated carbocycles. The van der Waals surface area contributed by atoms with Gasteiger partial charge in [0.2, 0.25) is 5.91 Å². The fourth-order valence-corrected chi connectivity index (χ4v) is 11.3. The lowest BCUT2D eigenvalue weighted by atomic mass is 9.99. The first kappa shape index (κ1) is 81.4. The average Bonchev–Trinajstić information content (AvgIpc) is 3.06. The molecule has 1 aliphatic rings. The Bertz CT molecular complexity index is 1610. The molecule has 11 heteroatoms. The molecule has 1 saturated heterocycles. The highest BCUT2D eigenvalue weighted by Gasteiger charge is 2.44. The molecule has 0 spiro atoms. The van der Waals surface area contributed by atoms with Gasteiger partial charge in [-0.2, -0.15) is 0 Å². The van der Waals surface area contributed by atoms with E-state index in [2.05, 4.69) is 67.8 Å². The van der Waals surface area contributed by atoms with E-state index in [-0.39, 0.29) is 18.5 Å². The van der Waals surface area contributed by atoms with E-state index in [1.807, 2.05) is 6.08 Å². The summed E-state index contributed by atoms with van der Waals surface area (Å²) in [6.45, 7) is 4.32. The van der Waals surface area contributed by atoms with Crippen LogP contribution in [0.25, 0.3) is 0 Å². The molecule has 1 aliphatic heterocycles. The first-order valence-corrected chi connectivity index (χ1v) is 36.6. The molecule has 6 N–H and O–H groups in total. The second-order valence-electron chi connectivity index (χ2n) is 25.3. The van der Waals surface area contributed by atoms with Crippen LogP contribution in [-0.2, 0) is 23.8 Å². The monoisotopic (exact) mass is 1210 g/mol. The van der Waals surface area contributed by atoms with Crippen molar-refractivity contribution >= 4 is 11.9 Å². The summed E-state index contributed by atoms with van der Waals surface area (Å²) in [5.41, 5.74) is 0. The molecule has 0 aromatic heterocycles. The van der Waals surface area contributed by atoms with Gasteiger partial charge in [0.1, 0.15) is 24.4 Å². The maximum absolute atomic E-state index is 13.1. The predicted octanol–water partition coefficient (Wildman–Crippen LogP) is 18.9. The van der Waals surface area contributed by atoms with Crippen LogP contribution < -0.4 is 5.32 Å². The maximum atomic E-state index is 13.1. The first-order valence-electron chi connectivity index (χ1n) is 36.6. The zero-order chi connectivity index (χ0) is 62.3. The van der Waals surface area contributed by atoms with Crippen molar-refractivity contribution in [3.05, 3.63) is 60.8 Å². The topological polar surface area (TPSA) is 175 Å². The van der Waals surface area contributed by atoms with Crippen molar-refractivity contribution in [3.8, 4) is 0 Å². The average molecular weight is 1210 g/mol. The molecule has 1 rings (SSSR count). The minimum Gasteiger partial charge on any atom is -0.466 e. The maximum Gasteiger partial charge on any atom is 0.305 e. The second-order valence-corrected chi connectivity index (χ2v) is 25.3. The molecule has 1 heterocycles. The summed E-state index contributed by atoms with van der Waals surface area (Å²) < 4.78 is 16.7. The Kier molecular flexibility index (Phi) is 60.5. The zero-order valence-corrected chi connectivity index (χ0v) is 55.8. The van der Waals surface area contributed by atoms with Crippen LogP contribution in [0.15, 0.2) is 60.8 Å². The number of hydrogen-bond acceptors (Lipinski definition) is 10. The van der Waals surface area contributed by atoms with E-state index >= 15 is 0 Å². The van der Waals surface area contributed by atoms with Crippen LogP contribution >= 0.6 is 0 Å². The Morgan fingerprint density at radius 2 is 0.791 bits per heavy atom. The molecule has 0 aromatic carbocycles. The van der Waals surface area contributed by atoms with Gasteiger partial charge in [0.25, 0.3) is 0 Å². The molecule has 7 atom stereocenters. The molecule has 1 amide bonds. The van der Waals surface area contributed by atoms with Gasteiger partial charge in [-0.1, -0.05) is 299 Å². The highest BCUT2D eigenvalue weighted by atomic mass is 16.7. The molecule has 1 fully saturated rings. The molecule has 11 nitrogen and oxygen atoms in total. The SMILES string of the molecule is CCCCCC/C=C/CC/C=C/CC/C=C/C(O)C(COC1OC(CO)C(O)C(O)C1O)NC(=O)CCCCCCCCCCCCCCCCCCC/C=C\C/C=C\CCCCCCCCCCCOC(=O)CCCCCCCCCCCCC. The molecular weight excluding hydrogens is 1070 g/mol. The summed E-state index contributed by atoms with van der Waals surface area (Å²) in [6, 6.07) is -0.834. The number of carbonyl (C=O) groups excluding carboxylic acids is 2. The van der Waals surface area contributed by atoms with Crippen molar-refractivity contribution in [3.63, 3.8) is 0 Å². The van der Waals surface area contributed by atoms with Gasteiger partial charge in [-0.05, 0) is 89.9 Å². The van der Waals surface area contributed by atoms with E-state index < -0.39 is 49.5 Å². The van der Waals surface area contributed by atoms with Crippen molar-refractivity contribution in [2.75, 3.05) is 19.8 Å². The number of nitrogens with one attached hydrogen (secondary N) is 1. The van der Waals surface area contributed by atoms with E-state index in [0.29, 0.717) is 19.4 Å². The predicted molar refractivity (Wildman–Crippen MR) is 361 cm³/mol. The van der Waals surface area contributed by atoms with Crippen LogP contribution in [0.5, 0.6) is 0 Å². The Hall–Kier alpha value is -2.64. The van der Waals surface area contributed by atoms with Gasteiger partial charge < -0.3 is 45.1 Å². The number of hydrogen-bond donors (Lipinski definition) is 6. The molecule has 502 valence electrons. The quantitative estimate of drug-likeness (QED) is 0.0195. The summed E-state index contributed by atoms with van der Waals surface area (Å²) in [5.74, 6) is -0.188. The number of carbonyl (C=O) groups is 2. The third-order valence-corrected chi connectivity index (χ3v) is 17.1. The third-order valence-electron chi connectivity index (χ3n) is 17.1. The Labute approximate surface area is 528 Å². The third kappa shape index (κ3) is 52.2. The van der Waals surface area contributed by atoms with Crippen LogP contribution in [0.2, 0.25) is 0 Å². The Morgan fingerprint density at radius 3 is 1.23 bits per heavy atom. The summed E-state index contributed by atoms with van der Waals surface area (Å²) in [4.78, 5) is 25.1. The van der Waals surface area contributed by atoms with Gasteiger partial charge in [-0.15, -0.1) is 0 Å². The number of esters is 1. The van der Waals surface area contributed by atoms with Gasteiger partial charge >= 0.3 is 5.97 Å². The second kappa shape index (κ2) is 63.9. The lowest BCUT2D eigenvalue weighted by Crippen LogP contribution is -2.60. The molecule has 7 unspecified atom stereocenters. The number of allylic oxidation sites excluding steroid dienone is 9. The molecule has 86 heavy (non-hydrogen) atoms. The van der Waals surface area contributed by atoms with Gasteiger partial charge in [-0.25, -0.2) is 0 Å². The van der Waals surface area contributed by atoms with Gasteiger partial charge in [0.05, 0.1) is 32.0 Å². The smallest absolute Gasteiger partial charge is 0.305 e. The number of rotatable bonds is 64. The van der Waals surface area contributed by atoms with Gasteiger partial charge in [0.15, 0.2) is 6.29 Å². The van der Waals surface area contributed by atoms with Crippen LogP contribution in [0.1, 0.15) is 341 Å². The van der Waals surface area contributed by atoms with Crippen molar-refractivity contribution in [2.45, 2.75) is 384 Å². The fraction of sp³-hybridized carbons (Fsp3) is 0.840. The van der Waals surface area contributed by atoms with Crippen LogP contribution in [0.4, 0.5) is 0 Å². The van der Waals surface area contributed by atoms with Crippen LogP contribution in [0, 0.1) is 0 Å². The van der Waals surface area contributed by atoms with Crippen molar-refractivity contribution < 1.29 is 49.3 Å². The fourth-order valence-electron chi connectivity index (χ4n) is 11.3. The summed E-state index contributed by atoms with van der Waals surface area (Å²) >= 11 is 0. The van der Waals surface area contributed by atoms with E-state index in [1.165, 1.54) is 238 Å². The number of amides is 1. The Balaban J connectivity index is 1.98. The number of unbranched alkanes of at least 4 members (excludes halogenated alkanes) is 42.